The summed E-state index contributed by atoms with van der Waals surface area (Å²) in [6.07, 6.45) is 2.69. The van der Waals surface area contributed by atoms with Gasteiger partial charge in [-0.1, -0.05) is 31.2 Å². The van der Waals surface area contributed by atoms with E-state index < -0.39 is 28.7 Å². The van der Waals surface area contributed by atoms with Crippen molar-refractivity contribution in [2.24, 2.45) is 0 Å². The molecule has 0 bridgehead atoms. The zero-order valence-electron chi connectivity index (χ0n) is 21.5. The van der Waals surface area contributed by atoms with Gasteiger partial charge in [-0.3, -0.25) is 9.69 Å². The van der Waals surface area contributed by atoms with Gasteiger partial charge in [0.25, 0.3) is 0 Å². The quantitative estimate of drug-likeness (QED) is 0.323. The normalized spacial score (nSPS) is 23.8. The number of rotatable bonds is 7. The number of ether oxygens (including phenoxy) is 4. The Labute approximate surface area is 215 Å². The van der Waals surface area contributed by atoms with Gasteiger partial charge in [-0.05, 0) is 65.1 Å². The SMILES string of the molecule is CCCN1CC2=Cc3cc(OC)ccc3C3=C(C(=O)OC)C(=O)[C@@]1(C(=O)OC)[C@]23c1ccc(OC)cc1. The number of hydrogen-bond acceptors (Lipinski definition) is 8. The first-order chi connectivity index (χ1) is 17.9. The lowest BCUT2D eigenvalue weighted by atomic mass is 9.58. The molecule has 1 fully saturated rings. The standard InChI is InChI=1S/C29H29NO7/c1-6-13-30-16-19-14-17-15-21(35-3)11-12-22(17)24-23(26(32)36-4)25(31)29(30,27(33)37-5)28(19,24)18-7-9-20(34-2)10-8-18/h7-12,14-15H,6,13,16H2,1-5H3/t28-,29-/m1/s1. The summed E-state index contributed by atoms with van der Waals surface area (Å²) in [5.41, 5.74) is 0.167. The molecule has 8 heteroatoms. The van der Waals surface area contributed by atoms with Crippen LogP contribution in [0, 0.1) is 0 Å². The Morgan fingerprint density at radius 3 is 2.22 bits per heavy atom. The van der Waals surface area contributed by atoms with Crippen molar-refractivity contribution in [1.29, 1.82) is 0 Å². The molecule has 2 aliphatic carbocycles. The van der Waals surface area contributed by atoms with Gasteiger partial charge >= 0.3 is 11.9 Å². The number of likely N-dealkylation sites (tertiary alicyclic amines) is 1. The monoisotopic (exact) mass is 503 g/mol. The van der Waals surface area contributed by atoms with Gasteiger partial charge in [0, 0.05) is 6.54 Å². The highest BCUT2D eigenvalue weighted by Gasteiger charge is 2.78. The molecule has 5 rings (SSSR count). The number of ketones is 1. The molecule has 0 saturated carbocycles. The van der Waals surface area contributed by atoms with Crippen LogP contribution in [0.5, 0.6) is 11.5 Å². The summed E-state index contributed by atoms with van der Waals surface area (Å²) in [7, 11) is 5.66. The first-order valence-electron chi connectivity index (χ1n) is 12.1. The second-order valence-electron chi connectivity index (χ2n) is 9.30. The van der Waals surface area contributed by atoms with Crippen LogP contribution in [0.4, 0.5) is 0 Å². The van der Waals surface area contributed by atoms with E-state index >= 15 is 0 Å². The molecule has 0 spiro atoms. The molecular weight excluding hydrogens is 474 g/mol. The molecule has 2 atom stereocenters. The van der Waals surface area contributed by atoms with Crippen molar-refractivity contribution in [2.75, 3.05) is 41.5 Å². The molecule has 3 aliphatic rings. The Hall–Kier alpha value is -3.91. The summed E-state index contributed by atoms with van der Waals surface area (Å²) in [4.78, 5) is 43.8. The van der Waals surface area contributed by atoms with E-state index in [9.17, 15) is 14.4 Å². The van der Waals surface area contributed by atoms with Crippen LogP contribution in [0.1, 0.15) is 30.0 Å². The average Bonchev–Trinajstić information content (AvgIpc) is 3.36. The van der Waals surface area contributed by atoms with E-state index in [4.69, 9.17) is 18.9 Å². The lowest BCUT2D eigenvalue weighted by Gasteiger charge is -2.45. The third-order valence-corrected chi connectivity index (χ3v) is 7.79. The predicted octanol–water partition coefficient (Wildman–Crippen LogP) is 3.19. The molecule has 1 heterocycles. The molecule has 0 radical (unpaired) electrons. The number of carbonyl (C=O) groups is 3. The Morgan fingerprint density at radius 1 is 0.946 bits per heavy atom. The second kappa shape index (κ2) is 8.88. The van der Waals surface area contributed by atoms with Crippen LogP contribution in [-0.4, -0.2) is 69.7 Å². The molecule has 1 aliphatic heterocycles. The minimum Gasteiger partial charge on any atom is -0.497 e. The molecule has 0 N–H and O–H groups in total. The summed E-state index contributed by atoms with van der Waals surface area (Å²) in [6.45, 7) is 2.77. The lowest BCUT2D eigenvalue weighted by Crippen LogP contribution is -2.65. The molecule has 192 valence electrons. The Morgan fingerprint density at radius 2 is 1.62 bits per heavy atom. The highest BCUT2D eigenvalue weighted by Crippen LogP contribution is 2.67. The molecule has 2 aromatic rings. The van der Waals surface area contributed by atoms with Crippen LogP contribution in [0.15, 0.2) is 53.6 Å². The van der Waals surface area contributed by atoms with Gasteiger partial charge in [-0.25, -0.2) is 9.59 Å². The van der Waals surface area contributed by atoms with Crippen molar-refractivity contribution in [1.82, 2.24) is 4.90 Å². The fraction of sp³-hybridized carbons (Fsp3) is 0.345. The number of benzene rings is 2. The second-order valence-corrected chi connectivity index (χ2v) is 9.30. The Kier molecular flexibility index (Phi) is 5.95. The number of fused-ring (bicyclic) bond motifs is 2. The molecule has 37 heavy (non-hydrogen) atoms. The lowest BCUT2D eigenvalue weighted by molar-refractivity contribution is -0.159. The minimum absolute atomic E-state index is 0.137. The van der Waals surface area contributed by atoms with Gasteiger partial charge in [0.2, 0.25) is 11.3 Å². The fourth-order valence-electron chi connectivity index (χ4n) is 6.46. The molecule has 2 aromatic carbocycles. The van der Waals surface area contributed by atoms with Crippen molar-refractivity contribution in [3.05, 3.63) is 70.3 Å². The van der Waals surface area contributed by atoms with Crippen molar-refractivity contribution in [3.63, 3.8) is 0 Å². The van der Waals surface area contributed by atoms with Crippen molar-refractivity contribution < 1.29 is 33.3 Å². The zero-order chi connectivity index (χ0) is 26.5. The van der Waals surface area contributed by atoms with Gasteiger partial charge in [0.05, 0.1) is 33.9 Å². The molecule has 0 unspecified atom stereocenters. The van der Waals surface area contributed by atoms with E-state index in [0.29, 0.717) is 47.7 Å². The van der Waals surface area contributed by atoms with Crippen molar-refractivity contribution in [2.45, 2.75) is 24.3 Å². The molecule has 0 aromatic heterocycles. The maximum Gasteiger partial charge on any atom is 0.341 e. The summed E-state index contributed by atoms with van der Waals surface area (Å²) in [6, 6.07) is 12.8. The first kappa shape index (κ1) is 24.8. The van der Waals surface area contributed by atoms with Crippen LogP contribution in [-0.2, 0) is 29.3 Å². The fourth-order valence-corrected chi connectivity index (χ4v) is 6.46. The van der Waals surface area contributed by atoms with E-state index in [0.717, 1.165) is 11.1 Å². The highest BCUT2D eigenvalue weighted by atomic mass is 16.5. The number of hydrogen-bond donors (Lipinski definition) is 0. The van der Waals surface area contributed by atoms with E-state index in [-0.39, 0.29) is 5.57 Å². The molecular formula is C29H29NO7. The summed E-state index contributed by atoms with van der Waals surface area (Å²) >= 11 is 0. The van der Waals surface area contributed by atoms with Gasteiger partial charge in [-0.15, -0.1) is 0 Å². The molecule has 1 saturated heterocycles. The van der Waals surface area contributed by atoms with Gasteiger partial charge in [-0.2, -0.15) is 0 Å². The summed E-state index contributed by atoms with van der Waals surface area (Å²) in [5.74, 6) is -0.844. The molecule has 8 nitrogen and oxygen atoms in total. The number of nitrogens with zero attached hydrogens (tertiary/aromatic N) is 1. The van der Waals surface area contributed by atoms with E-state index in [1.807, 2.05) is 42.2 Å². The van der Waals surface area contributed by atoms with Crippen LogP contribution in [0.25, 0.3) is 11.6 Å². The third kappa shape index (κ3) is 2.96. The summed E-state index contributed by atoms with van der Waals surface area (Å²) in [5, 5.41) is 0. The maximum absolute atomic E-state index is 14.6. The van der Waals surface area contributed by atoms with Crippen molar-refractivity contribution >= 4 is 29.4 Å². The van der Waals surface area contributed by atoms with E-state index in [2.05, 4.69) is 0 Å². The number of methoxy groups -OCH3 is 4. The molecule has 0 amide bonds. The van der Waals surface area contributed by atoms with E-state index in [1.54, 1.807) is 32.4 Å². The zero-order valence-corrected chi connectivity index (χ0v) is 21.5. The van der Waals surface area contributed by atoms with Gasteiger partial charge in [0.1, 0.15) is 17.1 Å². The van der Waals surface area contributed by atoms with Gasteiger partial charge < -0.3 is 18.9 Å². The Balaban J connectivity index is 1.99. The number of esters is 2. The number of Topliss-reactive ketones (excluding diaryl/α,β-unsaturated/α-hetero) is 1. The van der Waals surface area contributed by atoms with Crippen molar-refractivity contribution in [3.8, 4) is 11.5 Å². The highest BCUT2D eigenvalue weighted by molar-refractivity contribution is 6.38. The smallest absolute Gasteiger partial charge is 0.341 e. The van der Waals surface area contributed by atoms with Crippen LogP contribution < -0.4 is 9.47 Å². The third-order valence-electron chi connectivity index (χ3n) is 7.79. The first-order valence-corrected chi connectivity index (χ1v) is 12.1. The minimum atomic E-state index is -1.81. The largest absolute Gasteiger partial charge is 0.497 e. The number of carbonyl (C=O) groups excluding carboxylic acids is 3. The van der Waals surface area contributed by atoms with Crippen LogP contribution in [0.2, 0.25) is 0 Å². The predicted molar refractivity (Wildman–Crippen MR) is 136 cm³/mol. The summed E-state index contributed by atoms with van der Waals surface area (Å²) < 4.78 is 21.4. The maximum atomic E-state index is 14.6. The van der Waals surface area contributed by atoms with Crippen LogP contribution >= 0.6 is 0 Å². The van der Waals surface area contributed by atoms with E-state index in [1.165, 1.54) is 14.2 Å². The van der Waals surface area contributed by atoms with Crippen LogP contribution in [0.3, 0.4) is 0 Å². The average molecular weight is 504 g/mol. The van der Waals surface area contributed by atoms with Gasteiger partial charge in [0.15, 0.2) is 0 Å². The topological polar surface area (TPSA) is 91.4 Å². The Bertz CT molecular complexity index is 1370.